The topological polar surface area (TPSA) is 216 Å². The van der Waals surface area contributed by atoms with Crippen LogP contribution < -0.4 is 10.00 Å². The standard InChI is InChI=1S/C25H16F3N4S.C18H11N3O6.CNS.Ru/c26-25(27,28)24-14-22(30-31-24)21-12-11-17(15-29-21)23-13-20(16-33-23)32(18-7-3-1-4-8-18)19-9-5-2-6-10-19;22-16(23)9-1-3-19-12(5-9)14-7-11(18(26)27)8-15(21-14)13-6-10(17(24)25)2-4-20-13;2-1-3;/h1-16H;1-8H,(H,22,23)(H,24,25)(H,26,27);;/q-1;;-1;+2. The number of hydrogen-bond donors (Lipinski definition) is 3. The second kappa shape index (κ2) is 21.4. The van der Waals surface area contributed by atoms with Crippen molar-refractivity contribution in [2.45, 2.75) is 6.18 Å². The van der Waals surface area contributed by atoms with E-state index in [0.717, 1.165) is 33.6 Å². The van der Waals surface area contributed by atoms with E-state index in [0.29, 0.717) is 5.69 Å². The average Bonchev–Trinajstić information content (AvgIpc) is 4.00. The number of halogens is 3. The zero-order valence-electron chi connectivity index (χ0n) is 32.3. The van der Waals surface area contributed by atoms with Crippen molar-refractivity contribution in [2.75, 3.05) is 4.90 Å². The fourth-order valence-corrected chi connectivity index (χ4v) is 6.64. The summed E-state index contributed by atoms with van der Waals surface area (Å²) in [7, 11) is 0. The number of aromatic carboxylic acids is 3. The number of pyridine rings is 4. The Hall–Kier alpha value is -7.63. The normalized spacial score (nSPS) is 10.4. The van der Waals surface area contributed by atoms with Crippen LogP contribution in [0.4, 0.5) is 30.2 Å². The molecule has 0 bridgehead atoms. The maximum absolute atomic E-state index is 12.8. The molecule has 8 rings (SSSR count). The van der Waals surface area contributed by atoms with Gasteiger partial charge in [-0.25, -0.2) is 19.4 Å². The third kappa shape index (κ3) is 11.8. The zero-order chi connectivity index (χ0) is 45.1. The number of aromatic nitrogens is 6. The molecule has 0 spiro atoms. The Morgan fingerprint density at radius 1 is 0.656 bits per heavy atom. The molecule has 6 heterocycles. The molecule has 0 saturated heterocycles. The SMILES string of the molecule is FC(F)(F)c1cc(-c2ccc(-c3cc(N(c4ccccc4)c4ccccc4)cs3)cn2)[n-]n1.O=C(O)c1ccnc(-c2cc(C(=O)O)cc(-c3cc(C(=O)O)ccn3)n2)c1.[N-]=C=S.[Ru+2]. The summed E-state index contributed by atoms with van der Waals surface area (Å²) in [5.41, 5.74) is 3.74. The van der Waals surface area contributed by atoms with E-state index in [-0.39, 0.29) is 64.6 Å². The van der Waals surface area contributed by atoms with Crippen molar-refractivity contribution in [1.29, 1.82) is 0 Å². The number of carbonyl (C=O) groups is 3. The number of anilines is 3. The van der Waals surface area contributed by atoms with Crippen LogP contribution >= 0.6 is 23.6 Å². The monoisotopic (exact) mass is 986 g/mol. The summed E-state index contributed by atoms with van der Waals surface area (Å²) in [6.45, 7) is 0. The molecule has 2 aromatic carbocycles. The van der Waals surface area contributed by atoms with Gasteiger partial charge in [0.25, 0.3) is 0 Å². The predicted molar refractivity (Wildman–Crippen MR) is 231 cm³/mol. The van der Waals surface area contributed by atoms with Crippen LogP contribution in [0.1, 0.15) is 36.8 Å². The molecule has 6 aromatic heterocycles. The van der Waals surface area contributed by atoms with E-state index >= 15 is 0 Å². The summed E-state index contributed by atoms with van der Waals surface area (Å²) >= 11 is 5.27. The molecule has 20 heteroatoms. The molecule has 0 aliphatic heterocycles. The minimum absolute atomic E-state index is 0. The van der Waals surface area contributed by atoms with Gasteiger partial charge in [-0.15, -0.1) is 11.3 Å². The number of benzene rings is 2. The van der Waals surface area contributed by atoms with Gasteiger partial charge in [0.15, 0.2) is 0 Å². The first-order valence-electron chi connectivity index (χ1n) is 17.9. The zero-order valence-corrected chi connectivity index (χ0v) is 35.7. The van der Waals surface area contributed by atoms with E-state index in [1.165, 1.54) is 54.0 Å². The summed E-state index contributed by atoms with van der Waals surface area (Å²) < 4.78 is 38.4. The Balaban J connectivity index is 0.000000228. The van der Waals surface area contributed by atoms with Crippen LogP contribution in [0, 0.1) is 0 Å². The molecule has 64 heavy (non-hydrogen) atoms. The van der Waals surface area contributed by atoms with Gasteiger partial charge in [-0.2, -0.15) is 18.3 Å². The van der Waals surface area contributed by atoms with Crippen LogP contribution in [0.5, 0.6) is 0 Å². The quantitative estimate of drug-likeness (QED) is 0.0660. The summed E-state index contributed by atoms with van der Waals surface area (Å²) in [5.74, 6) is -3.56. The van der Waals surface area contributed by atoms with Crippen LogP contribution in [0.3, 0.4) is 0 Å². The van der Waals surface area contributed by atoms with Gasteiger partial charge < -0.3 is 35.8 Å². The first-order chi connectivity index (χ1) is 30.2. The molecule has 0 aliphatic carbocycles. The molecule has 14 nitrogen and oxygen atoms in total. The van der Waals surface area contributed by atoms with Crippen molar-refractivity contribution >= 4 is 63.7 Å². The summed E-state index contributed by atoms with van der Waals surface area (Å²) in [4.78, 5) is 53.6. The van der Waals surface area contributed by atoms with Gasteiger partial charge in [0.2, 0.25) is 0 Å². The molecule has 0 fully saturated rings. The van der Waals surface area contributed by atoms with Crippen molar-refractivity contribution < 1.29 is 62.4 Å². The minimum atomic E-state index is -4.53. The van der Waals surface area contributed by atoms with Gasteiger partial charge in [-0.3, -0.25) is 15.0 Å². The van der Waals surface area contributed by atoms with Gasteiger partial charge in [-0.1, -0.05) is 54.3 Å². The number of alkyl halides is 3. The Bertz CT molecular complexity index is 2820. The minimum Gasteiger partial charge on any atom is -0.753 e. The fourth-order valence-electron chi connectivity index (χ4n) is 5.77. The molecular formula is C44H27F3N8O6RuS2. The van der Waals surface area contributed by atoms with Crippen molar-refractivity contribution in [3.63, 3.8) is 0 Å². The van der Waals surface area contributed by atoms with Crippen LogP contribution in [0.2, 0.25) is 0 Å². The van der Waals surface area contributed by atoms with E-state index in [9.17, 15) is 32.7 Å². The molecule has 0 radical (unpaired) electrons. The Labute approximate surface area is 383 Å². The second-order valence-electron chi connectivity index (χ2n) is 12.7. The molecule has 0 aliphatic rings. The van der Waals surface area contributed by atoms with Crippen LogP contribution in [0.25, 0.3) is 50.0 Å². The molecule has 0 saturated carbocycles. The third-order valence-electron chi connectivity index (χ3n) is 8.62. The van der Waals surface area contributed by atoms with Gasteiger partial charge in [0.1, 0.15) is 5.69 Å². The van der Waals surface area contributed by atoms with E-state index in [1.807, 2.05) is 42.5 Å². The molecule has 0 amide bonds. The van der Waals surface area contributed by atoms with Crippen LogP contribution in [-0.4, -0.2) is 63.4 Å². The summed E-state index contributed by atoms with van der Waals surface area (Å²) in [5, 5.41) is 44.9. The molecule has 320 valence electrons. The Morgan fingerprint density at radius 3 is 1.59 bits per heavy atom. The van der Waals surface area contributed by atoms with Crippen molar-refractivity contribution in [2.24, 2.45) is 0 Å². The van der Waals surface area contributed by atoms with E-state index in [1.54, 1.807) is 23.6 Å². The van der Waals surface area contributed by atoms with Gasteiger partial charge in [0, 0.05) is 51.5 Å². The number of para-hydroxylation sites is 2. The van der Waals surface area contributed by atoms with E-state index in [4.69, 9.17) is 15.6 Å². The van der Waals surface area contributed by atoms with Crippen molar-refractivity contribution in [3.8, 4) is 44.6 Å². The maximum atomic E-state index is 12.8. The smallest absolute Gasteiger partial charge is 0.753 e. The number of thiocarbonyl (C=S) groups is 1. The summed E-state index contributed by atoms with van der Waals surface area (Å²) in [6, 6.07) is 34.3. The van der Waals surface area contributed by atoms with Gasteiger partial charge in [0.05, 0.1) is 45.2 Å². The number of hydrogen-bond acceptors (Lipinski definition) is 11. The van der Waals surface area contributed by atoms with E-state index < -0.39 is 29.8 Å². The number of nitrogens with zero attached hydrogens (tertiary/aromatic N) is 8. The third-order valence-corrected chi connectivity index (χ3v) is 9.59. The Morgan fingerprint density at radius 2 is 1.16 bits per heavy atom. The van der Waals surface area contributed by atoms with Gasteiger partial charge in [-0.05, 0) is 84.9 Å². The fraction of sp³-hybridized carbons (Fsp3) is 0.0227. The number of isothiocyanates is 1. The first kappa shape index (κ1) is 47.4. The van der Waals surface area contributed by atoms with Gasteiger partial charge >= 0.3 is 43.6 Å². The molecular weight excluding hydrogens is 959 g/mol. The van der Waals surface area contributed by atoms with Crippen molar-refractivity contribution in [1.82, 2.24) is 30.1 Å². The molecule has 3 N–H and O–H groups in total. The van der Waals surface area contributed by atoms with Crippen LogP contribution in [-0.2, 0) is 25.7 Å². The number of thiophene rings is 1. The van der Waals surface area contributed by atoms with E-state index in [2.05, 4.69) is 83.0 Å². The maximum Gasteiger partial charge on any atom is 2.00 e. The predicted octanol–water partition coefficient (Wildman–Crippen LogP) is 10.3. The first-order valence-corrected chi connectivity index (χ1v) is 19.2. The number of carboxylic acids is 3. The Kier molecular flexibility index (Phi) is 15.9. The number of rotatable bonds is 10. The van der Waals surface area contributed by atoms with Crippen molar-refractivity contribution in [3.05, 3.63) is 173 Å². The second-order valence-corrected chi connectivity index (χ2v) is 13.8. The summed E-state index contributed by atoms with van der Waals surface area (Å²) in [6.07, 6.45) is -0.335. The number of carboxylic acid groups (broad SMARTS) is 3. The molecule has 0 unspecified atom stereocenters. The molecule has 8 aromatic rings. The van der Waals surface area contributed by atoms with Crippen LogP contribution in [0.15, 0.2) is 145 Å². The largest absolute Gasteiger partial charge is 2.00 e. The average molecular weight is 986 g/mol. The molecule has 0 atom stereocenters.